The van der Waals surface area contributed by atoms with Crippen LogP contribution < -0.4 is 10.5 Å². The van der Waals surface area contributed by atoms with Crippen molar-refractivity contribution < 1.29 is 4.74 Å². The molecule has 0 fully saturated rings. The number of benzene rings is 1. The standard InChI is InChI=1S/C12H16N2O/c1-3-15-11-6-4-5-9-7-10(8(2)13)14-12(9)11/h4-8,14H,3,13H2,1-2H3. The van der Waals surface area contributed by atoms with Gasteiger partial charge in [0.05, 0.1) is 12.1 Å². The number of nitrogens with two attached hydrogens (primary N) is 1. The lowest BCUT2D eigenvalue weighted by molar-refractivity contribution is 0.343. The van der Waals surface area contributed by atoms with Crippen molar-refractivity contribution in [3.8, 4) is 5.75 Å². The zero-order valence-corrected chi connectivity index (χ0v) is 9.08. The highest BCUT2D eigenvalue weighted by molar-refractivity contribution is 5.86. The van der Waals surface area contributed by atoms with Crippen LogP contribution in [0.1, 0.15) is 25.6 Å². The Bertz CT molecular complexity index is 460. The molecule has 0 radical (unpaired) electrons. The molecule has 0 aliphatic carbocycles. The molecule has 0 saturated carbocycles. The van der Waals surface area contributed by atoms with E-state index in [2.05, 4.69) is 17.1 Å². The fourth-order valence-electron chi connectivity index (χ4n) is 1.67. The van der Waals surface area contributed by atoms with Crippen molar-refractivity contribution in [2.45, 2.75) is 19.9 Å². The van der Waals surface area contributed by atoms with Gasteiger partial charge in [0.25, 0.3) is 0 Å². The van der Waals surface area contributed by atoms with Crippen LogP contribution in [0.15, 0.2) is 24.3 Å². The lowest BCUT2D eigenvalue weighted by atomic mass is 10.2. The molecular weight excluding hydrogens is 188 g/mol. The lowest BCUT2D eigenvalue weighted by Crippen LogP contribution is -2.04. The Hall–Kier alpha value is -1.48. The summed E-state index contributed by atoms with van der Waals surface area (Å²) in [5, 5.41) is 1.15. The van der Waals surface area contributed by atoms with E-state index in [1.165, 1.54) is 0 Å². The van der Waals surface area contributed by atoms with Crippen LogP contribution in [0.3, 0.4) is 0 Å². The number of nitrogens with one attached hydrogen (secondary N) is 1. The van der Waals surface area contributed by atoms with Crippen molar-refractivity contribution >= 4 is 10.9 Å². The molecule has 0 saturated heterocycles. The quantitative estimate of drug-likeness (QED) is 0.807. The monoisotopic (exact) mass is 204 g/mol. The van der Waals surface area contributed by atoms with Crippen molar-refractivity contribution in [3.63, 3.8) is 0 Å². The molecule has 3 N–H and O–H groups in total. The zero-order chi connectivity index (χ0) is 10.8. The van der Waals surface area contributed by atoms with Crippen molar-refractivity contribution in [1.82, 2.24) is 4.98 Å². The average molecular weight is 204 g/mol. The van der Waals surface area contributed by atoms with Gasteiger partial charge < -0.3 is 15.5 Å². The molecule has 0 aliphatic rings. The van der Waals surface area contributed by atoms with Gasteiger partial charge in [0.1, 0.15) is 5.75 Å². The number of fused-ring (bicyclic) bond motifs is 1. The minimum Gasteiger partial charge on any atom is -0.492 e. The molecule has 3 nitrogen and oxygen atoms in total. The topological polar surface area (TPSA) is 51.0 Å². The summed E-state index contributed by atoms with van der Waals surface area (Å²) in [5.74, 6) is 0.891. The summed E-state index contributed by atoms with van der Waals surface area (Å²) < 4.78 is 5.54. The van der Waals surface area contributed by atoms with E-state index in [4.69, 9.17) is 10.5 Å². The first-order valence-electron chi connectivity index (χ1n) is 5.22. The van der Waals surface area contributed by atoms with Crippen LogP contribution in [0.2, 0.25) is 0 Å². The maximum absolute atomic E-state index is 5.83. The van der Waals surface area contributed by atoms with E-state index in [0.29, 0.717) is 6.61 Å². The van der Waals surface area contributed by atoms with Crippen LogP contribution in [0.5, 0.6) is 5.75 Å². The first kappa shape index (κ1) is 10.1. The van der Waals surface area contributed by atoms with Gasteiger partial charge in [0.15, 0.2) is 0 Å². The second kappa shape index (κ2) is 3.95. The number of aromatic nitrogens is 1. The number of aromatic amines is 1. The first-order chi connectivity index (χ1) is 7.22. The number of rotatable bonds is 3. The maximum Gasteiger partial charge on any atom is 0.143 e. The molecule has 0 bridgehead atoms. The van der Waals surface area contributed by atoms with E-state index in [1.54, 1.807) is 0 Å². The number of hydrogen-bond acceptors (Lipinski definition) is 2. The van der Waals surface area contributed by atoms with Gasteiger partial charge in [0.2, 0.25) is 0 Å². The highest BCUT2D eigenvalue weighted by atomic mass is 16.5. The molecule has 0 spiro atoms. The van der Waals surface area contributed by atoms with Crippen LogP contribution in [0.4, 0.5) is 0 Å². The van der Waals surface area contributed by atoms with Crippen molar-refractivity contribution in [1.29, 1.82) is 0 Å². The van der Waals surface area contributed by atoms with Gasteiger partial charge in [0, 0.05) is 17.1 Å². The smallest absolute Gasteiger partial charge is 0.143 e. The molecule has 1 aromatic heterocycles. The normalized spacial score (nSPS) is 13.0. The van der Waals surface area contributed by atoms with Gasteiger partial charge in [-0.2, -0.15) is 0 Å². The highest BCUT2D eigenvalue weighted by Crippen LogP contribution is 2.27. The third-order valence-electron chi connectivity index (χ3n) is 2.43. The molecule has 1 aromatic carbocycles. The Morgan fingerprint density at radius 2 is 2.27 bits per heavy atom. The SMILES string of the molecule is CCOc1cccc2cc(C(C)N)[nH]c12. The second-order valence-electron chi connectivity index (χ2n) is 3.67. The van der Waals surface area contributed by atoms with Crippen LogP contribution >= 0.6 is 0 Å². The molecule has 1 heterocycles. The van der Waals surface area contributed by atoms with Gasteiger partial charge in [-0.25, -0.2) is 0 Å². The van der Waals surface area contributed by atoms with E-state index < -0.39 is 0 Å². The lowest BCUT2D eigenvalue weighted by Gasteiger charge is -2.04. The maximum atomic E-state index is 5.83. The van der Waals surface area contributed by atoms with Gasteiger partial charge in [-0.05, 0) is 26.0 Å². The Morgan fingerprint density at radius 3 is 2.93 bits per heavy atom. The zero-order valence-electron chi connectivity index (χ0n) is 9.08. The predicted octanol–water partition coefficient (Wildman–Crippen LogP) is 2.59. The van der Waals surface area contributed by atoms with Crippen molar-refractivity contribution in [2.24, 2.45) is 5.73 Å². The molecule has 0 amide bonds. The Labute approximate surface area is 89.2 Å². The summed E-state index contributed by atoms with van der Waals surface area (Å²) in [5.41, 5.74) is 7.90. The Kier molecular flexibility index (Phi) is 2.64. The summed E-state index contributed by atoms with van der Waals surface area (Å²) in [6.45, 7) is 4.62. The number of ether oxygens (including phenoxy) is 1. The van der Waals surface area contributed by atoms with Gasteiger partial charge in [-0.3, -0.25) is 0 Å². The van der Waals surface area contributed by atoms with Crippen LogP contribution in [0.25, 0.3) is 10.9 Å². The molecule has 1 unspecified atom stereocenters. The van der Waals surface area contributed by atoms with E-state index in [0.717, 1.165) is 22.3 Å². The van der Waals surface area contributed by atoms with Gasteiger partial charge in [-0.15, -0.1) is 0 Å². The minimum absolute atomic E-state index is 0.0203. The third-order valence-corrected chi connectivity index (χ3v) is 2.43. The molecule has 2 rings (SSSR count). The Balaban J connectivity index is 2.54. The van der Waals surface area contributed by atoms with E-state index in [-0.39, 0.29) is 6.04 Å². The highest BCUT2D eigenvalue weighted by Gasteiger charge is 2.07. The molecule has 80 valence electrons. The molecule has 15 heavy (non-hydrogen) atoms. The molecule has 2 aromatic rings. The molecule has 1 atom stereocenters. The fourth-order valence-corrected chi connectivity index (χ4v) is 1.67. The Morgan fingerprint density at radius 1 is 1.47 bits per heavy atom. The second-order valence-corrected chi connectivity index (χ2v) is 3.67. The van der Waals surface area contributed by atoms with Crippen LogP contribution in [-0.2, 0) is 0 Å². The van der Waals surface area contributed by atoms with Gasteiger partial charge >= 0.3 is 0 Å². The molecule has 0 aliphatic heterocycles. The summed E-state index contributed by atoms with van der Waals surface area (Å²) in [6, 6.07) is 8.11. The summed E-state index contributed by atoms with van der Waals surface area (Å²) >= 11 is 0. The molecule has 3 heteroatoms. The van der Waals surface area contributed by atoms with Gasteiger partial charge in [-0.1, -0.05) is 12.1 Å². The first-order valence-corrected chi connectivity index (χ1v) is 5.22. The number of hydrogen-bond donors (Lipinski definition) is 2. The van der Waals surface area contributed by atoms with Crippen molar-refractivity contribution in [3.05, 3.63) is 30.0 Å². The fraction of sp³-hybridized carbons (Fsp3) is 0.333. The third kappa shape index (κ3) is 1.83. The average Bonchev–Trinajstić information content (AvgIpc) is 2.63. The van der Waals surface area contributed by atoms with E-state index >= 15 is 0 Å². The predicted molar refractivity (Wildman–Crippen MR) is 62.1 cm³/mol. The van der Waals surface area contributed by atoms with Crippen LogP contribution in [0, 0.1) is 0 Å². The van der Waals surface area contributed by atoms with E-state index in [1.807, 2.05) is 26.0 Å². The summed E-state index contributed by atoms with van der Waals surface area (Å²) in [4.78, 5) is 3.30. The minimum atomic E-state index is 0.0203. The summed E-state index contributed by atoms with van der Waals surface area (Å²) in [7, 11) is 0. The number of para-hydroxylation sites is 1. The van der Waals surface area contributed by atoms with Crippen molar-refractivity contribution in [2.75, 3.05) is 6.61 Å². The van der Waals surface area contributed by atoms with E-state index in [9.17, 15) is 0 Å². The largest absolute Gasteiger partial charge is 0.492 e. The summed E-state index contributed by atoms with van der Waals surface area (Å²) in [6.07, 6.45) is 0. The number of H-pyrrole nitrogens is 1. The molecular formula is C12H16N2O. The van der Waals surface area contributed by atoms with Crippen LogP contribution in [-0.4, -0.2) is 11.6 Å².